The zero-order chi connectivity index (χ0) is 13.7. The van der Waals surface area contributed by atoms with Gasteiger partial charge in [-0.05, 0) is 25.0 Å². The minimum absolute atomic E-state index is 0.436. The lowest BCUT2D eigenvalue weighted by atomic mass is 9.95. The average Bonchev–Trinajstić information content (AvgIpc) is 2.35. The molecule has 0 saturated heterocycles. The summed E-state index contributed by atoms with van der Waals surface area (Å²) in [5.74, 6) is 0.668. The smallest absolute Gasteiger partial charge is 0.0652 e. The number of hydrogen-bond acceptors (Lipinski definition) is 1. The molecule has 0 aliphatic rings. The second-order valence-electron chi connectivity index (χ2n) is 4.57. The van der Waals surface area contributed by atoms with Gasteiger partial charge in [0.25, 0.3) is 0 Å². The molecular weight excluding hydrogens is 289 g/mol. The molecule has 0 aliphatic carbocycles. The van der Waals surface area contributed by atoms with Crippen molar-refractivity contribution < 1.29 is 0 Å². The van der Waals surface area contributed by atoms with Crippen molar-refractivity contribution in [2.24, 2.45) is 5.92 Å². The fourth-order valence-electron chi connectivity index (χ4n) is 2.16. The van der Waals surface area contributed by atoms with E-state index in [9.17, 15) is 0 Å². The van der Waals surface area contributed by atoms with Gasteiger partial charge in [0.1, 0.15) is 0 Å². The van der Waals surface area contributed by atoms with Gasteiger partial charge in [0.15, 0.2) is 0 Å². The molecule has 102 valence electrons. The molecule has 0 saturated carbocycles. The molecule has 1 aromatic rings. The Morgan fingerprint density at radius 3 is 2.17 bits per heavy atom. The second kappa shape index (κ2) is 7.59. The fourth-order valence-corrected chi connectivity index (χ4v) is 2.84. The summed E-state index contributed by atoms with van der Waals surface area (Å²) in [6.07, 6.45) is 2.34. The standard InChI is InChI=1S/C14H20Cl3N/c1-4-10(5-2)9(3)18-8-11-12(15)6-7-13(16)14(11)17/h6-7,9-10,18H,4-5,8H2,1-3H3. The molecule has 0 fully saturated rings. The quantitative estimate of drug-likeness (QED) is 0.678. The number of rotatable bonds is 6. The van der Waals surface area contributed by atoms with E-state index in [4.69, 9.17) is 34.8 Å². The molecule has 1 atom stereocenters. The number of hydrogen-bond donors (Lipinski definition) is 1. The summed E-state index contributed by atoms with van der Waals surface area (Å²) in [4.78, 5) is 0. The van der Waals surface area contributed by atoms with Gasteiger partial charge in [-0.3, -0.25) is 0 Å². The minimum Gasteiger partial charge on any atom is -0.310 e. The zero-order valence-electron chi connectivity index (χ0n) is 11.1. The maximum atomic E-state index is 6.17. The van der Waals surface area contributed by atoms with Gasteiger partial charge in [0.05, 0.1) is 10.0 Å². The second-order valence-corrected chi connectivity index (χ2v) is 5.76. The molecule has 1 N–H and O–H groups in total. The van der Waals surface area contributed by atoms with E-state index in [-0.39, 0.29) is 0 Å². The third-order valence-electron chi connectivity index (χ3n) is 3.50. The summed E-state index contributed by atoms with van der Waals surface area (Å²) < 4.78 is 0. The van der Waals surface area contributed by atoms with Gasteiger partial charge < -0.3 is 5.32 Å². The molecule has 1 rings (SSSR count). The first-order chi connectivity index (χ1) is 8.51. The minimum atomic E-state index is 0.436. The summed E-state index contributed by atoms with van der Waals surface area (Å²) in [5, 5.41) is 5.24. The SMILES string of the molecule is CCC(CC)C(C)NCc1c(Cl)ccc(Cl)c1Cl. The van der Waals surface area contributed by atoms with Crippen LogP contribution in [0.5, 0.6) is 0 Å². The van der Waals surface area contributed by atoms with Crippen molar-refractivity contribution in [2.75, 3.05) is 0 Å². The van der Waals surface area contributed by atoms with Gasteiger partial charge in [-0.25, -0.2) is 0 Å². The first-order valence-corrected chi connectivity index (χ1v) is 7.50. The van der Waals surface area contributed by atoms with E-state index in [0.29, 0.717) is 33.6 Å². The van der Waals surface area contributed by atoms with Crippen LogP contribution < -0.4 is 5.32 Å². The third-order valence-corrected chi connectivity index (χ3v) is 4.69. The van der Waals surface area contributed by atoms with Crippen LogP contribution in [0.15, 0.2) is 12.1 Å². The van der Waals surface area contributed by atoms with Gasteiger partial charge in [0.2, 0.25) is 0 Å². The summed E-state index contributed by atoms with van der Waals surface area (Å²) in [5.41, 5.74) is 0.878. The Kier molecular flexibility index (Phi) is 6.79. The highest BCUT2D eigenvalue weighted by Crippen LogP contribution is 2.31. The predicted octanol–water partition coefficient (Wildman–Crippen LogP) is 5.56. The van der Waals surface area contributed by atoms with Crippen LogP contribution in [0.3, 0.4) is 0 Å². The van der Waals surface area contributed by atoms with E-state index in [1.54, 1.807) is 12.1 Å². The maximum Gasteiger partial charge on any atom is 0.0652 e. The highest BCUT2D eigenvalue weighted by molar-refractivity contribution is 6.44. The molecule has 1 nitrogen and oxygen atoms in total. The molecule has 0 spiro atoms. The molecule has 18 heavy (non-hydrogen) atoms. The van der Waals surface area contributed by atoms with Crippen molar-refractivity contribution >= 4 is 34.8 Å². The van der Waals surface area contributed by atoms with Gasteiger partial charge in [-0.15, -0.1) is 0 Å². The Hall–Kier alpha value is 0.0500. The van der Waals surface area contributed by atoms with Gasteiger partial charge in [-0.2, -0.15) is 0 Å². The zero-order valence-corrected chi connectivity index (χ0v) is 13.3. The number of benzene rings is 1. The molecular formula is C14H20Cl3N. The van der Waals surface area contributed by atoms with Crippen molar-refractivity contribution in [1.29, 1.82) is 0 Å². The molecule has 4 heteroatoms. The van der Waals surface area contributed by atoms with Crippen LogP contribution >= 0.6 is 34.8 Å². The van der Waals surface area contributed by atoms with Crippen LogP contribution in [0.2, 0.25) is 15.1 Å². The van der Waals surface area contributed by atoms with Crippen LogP contribution in [0.1, 0.15) is 39.2 Å². The van der Waals surface area contributed by atoms with Crippen LogP contribution in [0.4, 0.5) is 0 Å². The fraction of sp³-hybridized carbons (Fsp3) is 0.571. The summed E-state index contributed by atoms with van der Waals surface area (Å²) in [6, 6.07) is 3.94. The Bertz CT molecular complexity index is 389. The highest BCUT2D eigenvalue weighted by Gasteiger charge is 2.15. The molecule has 0 bridgehead atoms. The third kappa shape index (κ3) is 4.03. The average molecular weight is 309 g/mol. The van der Waals surface area contributed by atoms with Gasteiger partial charge >= 0.3 is 0 Å². The summed E-state index contributed by atoms with van der Waals surface area (Å²) in [6.45, 7) is 7.28. The monoisotopic (exact) mass is 307 g/mol. The van der Waals surface area contributed by atoms with Crippen molar-refractivity contribution in [2.45, 2.75) is 46.2 Å². The van der Waals surface area contributed by atoms with Crippen LogP contribution in [-0.2, 0) is 6.54 Å². The van der Waals surface area contributed by atoms with Crippen molar-refractivity contribution in [1.82, 2.24) is 5.32 Å². The first-order valence-electron chi connectivity index (χ1n) is 6.36. The lowest BCUT2D eigenvalue weighted by molar-refractivity contribution is 0.353. The largest absolute Gasteiger partial charge is 0.310 e. The van der Waals surface area contributed by atoms with E-state index in [1.165, 1.54) is 12.8 Å². The van der Waals surface area contributed by atoms with Crippen molar-refractivity contribution in [3.8, 4) is 0 Å². The number of halogens is 3. The summed E-state index contributed by atoms with van der Waals surface area (Å²) in [7, 11) is 0. The van der Waals surface area contributed by atoms with Gasteiger partial charge in [-0.1, -0.05) is 61.5 Å². The first kappa shape index (κ1) is 16.1. The van der Waals surface area contributed by atoms with E-state index in [2.05, 4.69) is 26.1 Å². The van der Waals surface area contributed by atoms with Crippen LogP contribution in [0.25, 0.3) is 0 Å². The number of nitrogens with one attached hydrogen (secondary N) is 1. The highest BCUT2D eigenvalue weighted by atomic mass is 35.5. The Morgan fingerprint density at radius 1 is 1.06 bits per heavy atom. The van der Waals surface area contributed by atoms with Crippen LogP contribution in [-0.4, -0.2) is 6.04 Å². The van der Waals surface area contributed by atoms with Crippen molar-refractivity contribution in [3.05, 3.63) is 32.8 Å². The topological polar surface area (TPSA) is 12.0 Å². The summed E-state index contributed by atoms with van der Waals surface area (Å²) >= 11 is 18.3. The van der Waals surface area contributed by atoms with E-state index >= 15 is 0 Å². The normalized spacial score (nSPS) is 13.1. The molecule has 0 heterocycles. The van der Waals surface area contributed by atoms with Crippen LogP contribution in [0, 0.1) is 5.92 Å². The lowest BCUT2D eigenvalue weighted by Gasteiger charge is -2.23. The van der Waals surface area contributed by atoms with E-state index in [1.807, 2.05) is 0 Å². The molecule has 0 amide bonds. The molecule has 0 radical (unpaired) electrons. The lowest BCUT2D eigenvalue weighted by Crippen LogP contribution is -2.32. The molecule has 1 aromatic carbocycles. The van der Waals surface area contributed by atoms with Crippen molar-refractivity contribution in [3.63, 3.8) is 0 Å². The van der Waals surface area contributed by atoms with E-state index < -0.39 is 0 Å². The van der Waals surface area contributed by atoms with E-state index in [0.717, 1.165) is 5.56 Å². The molecule has 0 aliphatic heterocycles. The molecule has 0 aromatic heterocycles. The Morgan fingerprint density at radius 2 is 1.61 bits per heavy atom. The van der Waals surface area contributed by atoms with Gasteiger partial charge in [0, 0.05) is 23.2 Å². The maximum absolute atomic E-state index is 6.17. The predicted molar refractivity (Wildman–Crippen MR) is 81.8 cm³/mol. The molecule has 1 unspecified atom stereocenters. The Labute approximate surface area is 125 Å². The Balaban J connectivity index is 2.72.